The van der Waals surface area contributed by atoms with Gasteiger partial charge in [-0.3, -0.25) is 4.79 Å². The van der Waals surface area contributed by atoms with Gasteiger partial charge in [-0.05, 0) is 80.1 Å². The molecule has 6 nitrogen and oxygen atoms in total. The predicted molar refractivity (Wildman–Crippen MR) is 128 cm³/mol. The van der Waals surface area contributed by atoms with Crippen LogP contribution in [0.25, 0.3) is 0 Å². The molecule has 7 heteroatoms. The highest BCUT2D eigenvalue weighted by molar-refractivity contribution is 6.30. The van der Waals surface area contributed by atoms with E-state index in [1.807, 2.05) is 56.3 Å². The summed E-state index contributed by atoms with van der Waals surface area (Å²) in [6.07, 6.45) is 0. The molecule has 0 aliphatic carbocycles. The van der Waals surface area contributed by atoms with E-state index in [4.69, 9.17) is 25.8 Å². The minimum absolute atomic E-state index is 0.132. The van der Waals surface area contributed by atoms with Crippen LogP contribution >= 0.6 is 11.6 Å². The van der Waals surface area contributed by atoms with Crippen LogP contribution in [0.4, 0.5) is 11.4 Å². The van der Waals surface area contributed by atoms with Gasteiger partial charge >= 0.3 is 0 Å². The van der Waals surface area contributed by atoms with Crippen molar-refractivity contribution in [3.05, 3.63) is 77.3 Å². The average Bonchev–Trinajstić information content (AvgIpc) is 2.80. The number of nitrogens with one attached hydrogen (secondary N) is 2. The molecule has 3 aromatic carbocycles. The number of hydrogen-bond donors (Lipinski definition) is 2. The maximum atomic E-state index is 12.2. The molecular weight excluding hydrogens is 428 g/mol. The van der Waals surface area contributed by atoms with E-state index in [9.17, 15) is 4.79 Å². The van der Waals surface area contributed by atoms with E-state index in [0.29, 0.717) is 42.0 Å². The number of carbonyl (C=O) groups excluding carboxylic acids is 1. The normalized spacial score (nSPS) is 10.3. The minimum atomic E-state index is -0.268. The molecule has 0 radical (unpaired) electrons. The second-order valence-corrected chi connectivity index (χ2v) is 7.31. The first-order chi connectivity index (χ1) is 15.6. The zero-order chi connectivity index (χ0) is 22.8. The number of ether oxygens (including phenoxy) is 3. The summed E-state index contributed by atoms with van der Waals surface area (Å²) in [6.45, 7) is 5.48. The minimum Gasteiger partial charge on any atom is -0.494 e. The molecule has 0 saturated heterocycles. The zero-order valence-electron chi connectivity index (χ0n) is 18.2. The van der Waals surface area contributed by atoms with Gasteiger partial charge in [0.25, 0.3) is 5.91 Å². The Kier molecular flexibility index (Phi) is 8.63. The summed E-state index contributed by atoms with van der Waals surface area (Å²) in [7, 11) is 0. The molecule has 0 heterocycles. The molecule has 0 atom stereocenters. The Labute approximate surface area is 193 Å². The fourth-order valence-corrected chi connectivity index (χ4v) is 3.09. The molecule has 0 aliphatic heterocycles. The Bertz CT molecular complexity index is 1010. The second kappa shape index (κ2) is 11.9. The Morgan fingerprint density at radius 3 is 2.19 bits per heavy atom. The molecule has 32 heavy (non-hydrogen) atoms. The monoisotopic (exact) mass is 454 g/mol. The van der Waals surface area contributed by atoms with E-state index < -0.39 is 0 Å². The number of benzene rings is 3. The molecule has 1 amide bonds. The molecule has 0 aromatic heterocycles. The van der Waals surface area contributed by atoms with Gasteiger partial charge < -0.3 is 24.8 Å². The highest BCUT2D eigenvalue weighted by atomic mass is 35.5. The van der Waals surface area contributed by atoms with Gasteiger partial charge in [0.15, 0.2) is 18.1 Å². The molecule has 0 fully saturated rings. The number of carbonyl (C=O) groups is 1. The molecule has 168 valence electrons. The van der Waals surface area contributed by atoms with Crippen molar-refractivity contribution in [2.75, 3.05) is 30.5 Å². The van der Waals surface area contributed by atoms with Crippen LogP contribution in [0.15, 0.2) is 66.7 Å². The Morgan fingerprint density at radius 2 is 1.50 bits per heavy atom. The van der Waals surface area contributed by atoms with Crippen LogP contribution in [-0.2, 0) is 11.3 Å². The van der Waals surface area contributed by atoms with Crippen LogP contribution in [0, 0.1) is 0 Å². The third-order valence-electron chi connectivity index (χ3n) is 4.46. The fourth-order valence-electron chi connectivity index (χ4n) is 2.96. The van der Waals surface area contributed by atoms with Crippen LogP contribution in [0.1, 0.15) is 19.4 Å². The first-order valence-electron chi connectivity index (χ1n) is 10.5. The molecule has 0 spiro atoms. The van der Waals surface area contributed by atoms with Crippen molar-refractivity contribution in [1.82, 2.24) is 0 Å². The maximum Gasteiger partial charge on any atom is 0.262 e. The van der Waals surface area contributed by atoms with Crippen LogP contribution < -0.4 is 24.8 Å². The molecule has 0 aliphatic rings. The second-order valence-electron chi connectivity index (χ2n) is 6.87. The lowest BCUT2D eigenvalue weighted by molar-refractivity contribution is -0.118. The van der Waals surface area contributed by atoms with Gasteiger partial charge in [-0.2, -0.15) is 0 Å². The number of halogens is 1. The van der Waals surface area contributed by atoms with Crippen molar-refractivity contribution in [1.29, 1.82) is 0 Å². The molecular formula is C25H27ClN2O4. The smallest absolute Gasteiger partial charge is 0.262 e. The Hall–Kier alpha value is -3.38. The van der Waals surface area contributed by atoms with E-state index in [1.54, 1.807) is 24.3 Å². The summed E-state index contributed by atoms with van der Waals surface area (Å²) in [4.78, 5) is 12.2. The van der Waals surface area contributed by atoms with Crippen LogP contribution in [0.5, 0.6) is 17.2 Å². The van der Waals surface area contributed by atoms with Gasteiger partial charge in [0.05, 0.1) is 13.2 Å². The fraction of sp³-hybridized carbons (Fsp3) is 0.240. The summed E-state index contributed by atoms with van der Waals surface area (Å²) < 4.78 is 16.9. The van der Waals surface area contributed by atoms with E-state index in [1.165, 1.54) is 0 Å². The van der Waals surface area contributed by atoms with E-state index >= 15 is 0 Å². The summed E-state index contributed by atoms with van der Waals surface area (Å²) in [5.41, 5.74) is 2.68. The lowest BCUT2D eigenvalue weighted by Gasteiger charge is -2.14. The maximum absolute atomic E-state index is 12.2. The molecule has 2 N–H and O–H groups in total. The molecule has 0 bridgehead atoms. The topological polar surface area (TPSA) is 68.8 Å². The van der Waals surface area contributed by atoms with Crippen molar-refractivity contribution in [2.24, 2.45) is 0 Å². The van der Waals surface area contributed by atoms with Gasteiger partial charge in [0, 0.05) is 22.9 Å². The summed E-state index contributed by atoms with van der Waals surface area (Å²) >= 11 is 5.86. The quantitative estimate of drug-likeness (QED) is 0.385. The van der Waals surface area contributed by atoms with Gasteiger partial charge in [0.1, 0.15) is 5.75 Å². The largest absolute Gasteiger partial charge is 0.494 e. The van der Waals surface area contributed by atoms with Crippen molar-refractivity contribution in [3.63, 3.8) is 0 Å². The standard InChI is InChI=1S/C25H27ClN2O4/c1-3-30-22-12-10-20(11-13-22)27-16-18-5-14-23(24(15-18)31-4-2)32-17-25(29)28-21-8-6-19(26)7-9-21/h5-15,27H,3-4,16-17H2,1-2H3,(H,28,29). The Balaban J connectivity index is 1.57. The van der Waals surface area contributed by atoms with E-state index in [-0.39, 0.29) is 12.5 Å². The molecule has 0 saturated carbocycles. The first kappa shape index (κ1) is 23.3. The van der Waals surface area contributed by atoms with Crippen LogP contribution in [-0.4, -0.2) is 25.7 Å². The third-order valence-corrected chi connectivity index (χ3v) is 4.71. The number of amides is 1. The highest BCUT2D eigenvalue weighted by Gasteiger charge is 2.10. The predicted octanol–water partition coefficient (Wildman–Crippen LogP) is 5.77. The first-order valence-corrected chi connectivity index (χ1v) is 10.9. The molecule has 3 aromatic rings. The van der Waals surface area contributed by atoms with Crippen molar-refractivity contribution >= 4 is 28.9 Å². The number of hydrogen-bond acceptors (Lipinski definition) is 5. The lowest BCUT2D eigenvalue weighted by atomic mass is 10.2. The molecule has 3 rings (SSSR count). The van der Waals surface area contributed by atoms with Crippen molar-refractivity contribution < 1.29 is 19.0 Å². The SMILES string of the molecule is CCOc1ccc(NCc2ccc(OCC(=O)Nc3ccc(Cl)cc3)c(OCC)c2)cc1. The van der Waals surface area contributed by atoms with E-state index in [0.717, 1.165) is 17.0 Å². The lowest BCUT2D eigenvalue weighted by Crippen LogP contribution is -2.20. The van der Waals surface area contributed by atoms with Gasteiger partial charge in [-0.25, -0.2) is 0 Å². The Morgan fingerprint density at radius 1 is 0.812 bits per heavy atom. The van der Waals surface area contributed by atoms with Crippen molar-refractivity contribution in [2.45, 2.75) is 20.4 Å². The van der Waals surface area contributed by atoms with Crippen LogP contribution in [0.2, 0.25) is 5.02 Å². The number of anilines is 2. The summed E-state index contributed by atoms with van der Waals surface area (Å²) in [5, 5.41) is 6.75. The highest BCUT2D eigenvalue weighted by Crippen LogP contribution is 2.29. The molecule has 0 unspecified atom stereocenters. The van der Waals surface area contributed by atoms with Gasteiger partial charge in [0.2, 0.25) is 0 Å². The summed E-state index contributed by atoms with van der Waals surface area (Å²) in [5.74, 6) is 1.69. The average molecular weight is 455 g/mol. The third kappa shape index (κ3) is 7.10. The summed E-state index contributed by atoms with van der Waals surface area (Å²) in [6, 6.07) is 20.4. The zero-order valence-corrected chi connectivity index (χ0v) is 18.9. The van der Waals surface area contributed by atoms with Gasteiger partial charge in [-0.1, -0.05) is 17.7 Å². The van der Waals surface area contributed by atoms with Crippen molar-refractivity contribution in [3.8, 4) is 17.2 Å². The van der Waals surface area contributed by atoms with Gasteiger partial charge in [-0.15, -0.1) is 0 Å². The van der Waals surface area contributed by atoms with E-state index in [2.05, 4.69) is 10.6 Å². The number of rotatable bonds is 11. The van der Waals surface area contributed by atoms with Crippen LogP contribution in [0.3, 0.4) is 0 Å².